The Bertz CT molecular complexity index is 908. The Morgan fingerprint density at radius 3 is 2.50 bits per heavy atom. The summed E-state index contributed by atoms with van der Waals surface area (Å²) in [6, 6.07) is 7.94. The summed E-state index contributed by atoms with van der Waals surface area (Å²) in [4.78, 5) is 23.8. The van der Waals surface area contributed by atoms with E-state index in [0.29, 0.717) is 24.2 Å². The quantitative estimate of drug-likeness (QED) is 0.344. The molecule has 0 bridgehead atoms. The molecule has 1 aliphatic carbocycles. The van der Waals surface area contributed by atoms with E-state index in [-0.39, 0.29) is 29.2 Å². The van der Waals surface area contributed by atoms with Gasteiger partial charge in [-0.3, -0.25) is 20.4 Å². The lowest BCUT2D eigenvalue weighted by molar-refractivity contribution is -0.120. The molecule has 150 valence electrons. The molecule has 0 unspecified atom stereocenters. The van der Waals surface area contributed by atoms with Crippen molar-refractivity contribution in [3.8, 4) is 0 Å². The summed E-state index contributed by atoms with van der Waals surface area (Å²) in [6.45, 7) is 0.405. The third-order valence-corrected chi connectivity index (χ3v) is 6.28. The van der Waals surface area contributed by atoms with Crippen molar-refractivity contribution in [2.45, 2.75) is 36.6 Å². The van der Waals surface area contributed by atoms with Gasteiger partial charge in [0, 0.05) is 30.0 Å². The summed E-state index contributed by atoms with van der Waals surface area (Å²) in [7, 11) is -3.48. The van der Waals surface area contributed by atoms with Crippen LogP contribution < -0.4 is 20.9 Å². The fourth-order valence-electron chi connectivity index (χ4n) is 2.36. The average Bonchev–Trinajstić information content (AvgIpc) is 3.30. The first kappa shape index (κ1) is 20.3. The smallest absolute Gasteiger partial charge is 0.252 e. The van der Waals surface area contributed by atoms with E-state index in [1.807, 2.05) is 5.38 Å². The number of thiophene rings is 1. The molecule has 2 aromatic rings. The zero-order valence-corrected chi connectivity index (χ0v) is 16.7. The van der Waals surface area contributed by atoms with Gasteiger partial charge in [0.2, 0.25) is 15.9 Å². The molecule has 0 atom stereocenters. The number of nitrogens with one attached hydrogen (secondary N) is 4. The van der Waals surface area contributed by atoms with Gasteiger partial charge >= 0.3 is 0 Å². The molecule has 28 heavy (non-hydrogen) atoms. The SMILES string of the molecule is O=C(CCCNC(=O)c1ccsc1)NNc1ccc(S(=O)(=O)NC2CC2)cc1. The van der Waals surface area contributed by atoms with Crippen molar-refractivity contribution < 1.29 is 18.0 Å². The summed E-state index contributed by atoms with van der Waals surface area (Å²) >= 11 is 1.45. The van der Waals surface area contributed by atoms with Gasteiger partial charge in [0.15, 0.2) is 0 Å². The van der Waals surface area contributed by atoms with Crippen LogP contribution in [0.2, 0.25) is 0 Å². The van der Waals surface area contributed by atoms with Gasteiger partial charge in [-0.1, -0.05) is 0 Å². The van der Waals surface area contributed by atoms with Crippen LogP contribution in [0.3, 0.4) is 0 Å². The van der Waals surface area contributed by atoms with E-state index in [0.717, 1.165) is 12.8 Å². The summed E-state index contributed by atoms with van der Waals surface area (Å²) in [5.41, 5.74) is 6.49. The fraction of sp³-hybridized carbons (Fsp3) is 0.333. The van der Waals surface area contributed by atoms with Crippen LogP contribution in [-0.4, -0.2) is 32.8 Å². The fourth-order valence-corrected chi connectivity index (χ4v) is 4.30. The predicted octanol–water partition coefficient (Wildman–Crippen LogP) is 1.84. The molecule has 3 rings (SSSR count). The second-order valence-corrected chi connectivity index (χ2v) is 8.96. The maximum atomic E-state index is 12.1. The van der Waals surface area contributed by atoms with E-state index in [4.69, 9.17) is 0 Å². The topological polar surface area (TPSA) is 116 Å². The van der Waals surface area contributed by atoms with E-state index in [9.17, 15) is 18.0 Å². The van der Waals surface area contributed by atoms with Gasteiger partial charge in [0.1, 0.15) is 0 Å². The van der Waals surface area contributed by atoms with Gasteiger partial charge in [-0.2, -0.15) is 11.3 Å². The van der Waals surface area contributed by atoms with Gasteiger partial charge < -0.3 is 5.32 Å². The summed E-state index contributed by atoms with van der Waals surface area (Å²) in [5.74, 6) is -0.372. The molecule has 1 saturated carbocycles. The number of rotatable bonds is 10. The third-order valence-electron chi connectivity index (χ3n) is 4.06. The van der Waals surface area contributed by atoms with Crippen LogP contribution >= 0.6 is 11.3 Å². The molecule has 8 nitrogen and oxygen atoms in total. The minimum atomic E-state index is -3.48. The second kappa shape index (κ2) is 9.18. The molecule has 0 spiro atoms. The number of hydrazine groups is 1. The van der Waals surface area contributed by atoms with Crippen molar-refractivity contribution >= 4 is 38.9 Å². The Labute approximate surface area is 167 Å². The van der Waals surface area contributed by atoms with Crippen molar-refractivity contribution in [1.82, 2.24) is 15.5 Å². The predicted molar refractivity (Wildman–Crippen MR) is 107 cm³/mol. The molecule has 2 amide bonds. The van der Waals surface area contributed by atoms with Crippen LogP contribution in [0.5, 0.6) is 0 Å². The molecule has 0 aliphatic heterocycles. The first-order valence-electron chi connectivity index (χ1n) is 8.92. The molecule has 1 fully saturated rings. The average molecular weight is 423 g/mol. The minimum absolute atomic E-state index is 0.0529. The maximum absolute atomic E-state index is 12.1. The van der Waals surface area contributed by atoms with E-state index in [1.54, 1.807) is 23.6 Å². The highest BCUT2D eigenvalue weighted by atomic mass is 32.2. The summed E-state index contributed by atoms with van der Waals surface area (Å²) < 4.78 is 26.8. The van der Waals surface area contributed by atoms with Crippen molar-refractivity contribution in [2.75, 3.05) is 12.0 Å². The highest BCUT2D eigenvalue weighted by Gasteiger charge is 2.27. The Balaban J connectivity index is 1.35. The summed E-state index contributed by atoms with van der Waals surface area (Å²) in [6.07, 6.45) is 2.51. The van der Waals surface area contributed by atoms with E-state index in [2.05, 4.69) is 20.9 Å². The van der Waals surface area contributed by atoms with E-state index < -0.39 is 10.0 Å². The van der Waals surface area contributed by atoms with Crippen LogP contribution in [0.15, 0.2) is 46.0 Å². The molecular formula is C18H22N4O4S2. The number of benzene rings is 1. The molecular weight excluding hydrogens is 400 g/mol. The Morgan fingerprint density at radius 2 is 1.86 bits per heavy atom. The largest absolute Gasteiger partial charge is 0.352 e. The van der Waals surface area contributed by atoms with Gasteiger partial charge in [-0.05, 0) is 55.0 Å². The van der Waals surface area contributed by atoms with Crippen LogP contribution in [-0.2, 0) is 14.8 Å². The number of carbonyl (C=O) groups excluding carboxylic acids is 2. The zero-order chi connectivity index (χ0) is 20.0. The number of hydrogen-bond acceptors (Lipinski definition) is 6. The van der Waals surface area contributed by atoms with Gasteiger partial charge in [-0.25, -0.2) is 13.1 Å². The van der Waals surface area contributed by atoms with Crippen LogP contribution in [0.1, 0.15) is 36.0 Å². The van der Waals surface area contributed by atoms with Gasteiger partial charge in [0.05, 0.1) is 10.6 Å². The lowest BCUT2D eigenvalue weighted by Crippen LogP contribution is -2.31. The maximum Gasteiger partial charge on any atom is 0.252 e. The number of amides is 2. The highest BCUT2D eigenvalue weighted by molar-refractivity contribution is 7.89. The van der Waals surface area contributed by atoms with Crippen molar-refractivity contribution in [3.63, 3.8) is 0 Å². The van der Waals surface area contributed by atoms with Gasteiger partial charge in [0.25, 0.3) is 5.91 Å². The van der Waals surface area contributed by atoms with Crippen molar-refractivity contribution in [3.05, 3.63) is 46.7 Å². The molecule has 0 saturated heterocycles. The van der Waals surface area contributed by atoms with E-state index >= 15 is 0 Å². The normalized spacial score (nSPS) is 13.7. The lowest BCUT2D eigenvalue weighted by atomic mass is 10.2. The first-order valence-corrected chi connectivity index (χ1v) is 11.3. The second-order valence-electron chi connectivity index (χ2n) is 6.46. The lowest BCUT2D eigenvalue weighted by Gasteiger charge is -2.10. The first-order chi connectivity index (χ1) is 13.4. The number of anilines is 1. The van der Waals surface area contributed by atoms with E-state index in [1.165, 1.54) is 23.5 Å². The zero-order valence-electron chi connectivity index (χ0n) is 15.1. The molecule has 10 heteroatoms. The molecule has 4 N–H and O–H groups in total. The number of hydrogen-bond donors (Lipinski definition) is 4. The molecule has 1 aromatic heterocycles. The number of sulfonamides is 1. The number of carbonyl (C=O) groups is 2. The Kier molecular flexibility index (Phi) is 6.65. The van der Waals surface area contributed by atoms with Gasteiger partial charge in [-0.15, -0.1) is 0 Å². The van der Waals surface area contributed by atoms with Crippen molar-refractivity contribution in [1.29, 1.82) is 0 Å². The molecule has 0 radical (unpaired) electrons. The minimum Gasteiger partial charge on any atom is -0.352 e. The summed E-state index contributed by atoms with van der Waals surface area (Å²) in [5, 5.41) is 6.36. The molecule has 1 aromatic carbocycles. The highest BCUT2D eigenvalue weighted by Crippen LogP contribution is 2.22. The van der Waals surface area contributed by atoms with Crippen LogP contribution in [0, 0.1) is 0 Å². The Hall–Kier alpha value is -2.43. The van der Waals surface area contributed by atoms with Crippen LogP contribution in [0.25, 0.3) is 0 Å². The molecule has 1 aliphatic rings. The Morgan fingerprint density at radius 1 is 1.11 bits per heavy atom. The molecule has 1 heterocycles. The monoisotopic (exact) mass is 422 g/mol. The third kappa shape index (κ3) is 6.04. The van der Waals surface area contributed by atoms with Crippen LogP contribution in [0.4, 0.5) is 5.69 Å². The standard InChI is InChI=1S/C18H22N4O4S2/c23-17(2-1-10-19-18(24)13-9-11-27-12-13)21-20-14-5-7-16(8-6-14)28(25,26)22-15-3-4-15/h5-9,11-12,15,20,22H,1-4,10H2,(H,19,24)(H,21,23). The van der Waals surface area contributed by atoms with Crippen molar-refractivity contribution in [2.24, 2.45) is 0 Å².